The maximum Gasteiger partial charge on any atom is -0.0153 e. The van der Waals surface area contributed by atoms with Crippen LogP contribution in [0.15, 0.2) is 23.8 Å². The fourth-order valence-electron chi connectivity index (χ4n) is 2.66. The monoisotopic (exact) mass is 202 g/mol. The van der Waals surface area contributed by atoms with Crippen molar-refractivity contribution in [2.75, 3.05) is 0 Å². The molecule has 0 N–H and O–H groups in total. The first-order valence-corrected chi connectivity index (χ1v) is 5.89. The lowest BCUT2D eigenvalue weighted by Crippen LogP contribution is -2.15. The van der Waals surface area contributed by atoms with Crippen LogP contribution in [0.1, 0.15) is 29.5 Å². The molecule has 0 aromatic heterocycles. The Morgan fingerprint density at radius 3 is 2.79 bits per heavy atom. The van der Waals surface area contributed by atoms with Crippen LogP contribution >= 0.6 is 9.24 Å². The molecule has 0 nitrogen and oxygen atoms in total. The molecule has 1 saturated carbocycles. The van der Waals surface area contributed by atoms with Gasteiger partial charge in [0, 0.05) is 0 Å². The number of aryl methyl sites for hydroxylation is 1. The largest absolute Gasteiger partial charge is 0.105 e. The molecule has 14 heavy (non-hydrogen) atoms. The van der Waals surface area contributed by atoms with Crippen LogP contribution in [-0.2, 0) is 6.42 Å². The van der Waals surface area contributed by atoms with Crippen LogP contribution in [0.4, 0.5) is 0 Å². The number of allylic oxidation sites excluding steroid dienone is 1. The van der Waals surface area contributed by atoms with Crippen molar-refractivity contribution in [1.82, 2.24) is 0 Å². The van der Waals surface area contributed by atoms with Crippen molar-refractivity contribution in [3.8, 4) is 0 Å². The number of benzene rings is 1. The highest BCUT2D eigenvalue weighted by Crippen LogP contribution is 2.47. The summed E-state index contributed by atoms with van der Waals surface area (Å²) in [5, 5.41) is 1.48. The SMILES string of the molecule is Cc1ccc2c(c1)CC1CC(=C2P)C1. The van der Waals surface area contributed by atoms with Gasteiger partial charge in [0.05, 0.1) is 0 Å². The van der Waals surface area contributed by atoms with Crippen molar-refractivity contribution in [2.24, 2.45) is 5.92 Å². The van der Waals surface area contributed by atoms with Gasteiger partial charge in [-0.05, 0) is 48.5 Å². The van der Waals surface area contributed by atoms with Crippen molar-refractivity contribution >= 4 is 14.6 Å². The number of hydrogen-bond acceptors (Lipinski definition) is 0. The van der Waals surface area contributed by atoms with E-state index < -0.39 is 0 Å². The van der Waals surface area contributed by atoms with Crippen LogP contribution in [0, 0.1) is 12.8 Å². The van der Waals surface area contributed by atoms with Crippen LogP contribution < -0.4 is 0 Å². The lowest BCUT2D eigenvalue weighted by atomic mass is 9.79. The van der Waals surface area contributed by atoms with Gasteiger partial charge < -0.3 is 0 Å². The number of hydrogen-bond donors (Lipinski definition) is 0. The average molecular weight is 202 g/mol. The standard InChI is InChI=1S/C13H15P/c1-8-2-3-12-10(4-8)5-9-6-11(7-9)13(12)14/h2-4,9H,5-7,14H2,1H3. The molecular formula is C13H15P. The Kier molecular flexibility index (Phi) is 1.82. The molecule has 0 saturated heterocycles. The predicted molar refractivity (Wildman–Crippen MR) is 64.2 cm³/mol. The minimum atomic E-state index is 0.934. The summed E-state index contributed by atoms with van der Waals surface area (Å²) < 4.78 is 0. The second kappa shape index (κ2) is 2.94. The third-order valence-electron chi connectivity index (χ3n) is 3.51. The molecule has 4 rings (SSSR count). The Hall–Kier alpha value is -0.610. The molecule has 0 aliphatic heterocycles. The van der Waals surface area contributed by atoms with Crippen LogP contribution in [-0.4, -0.2) is 0 Å². The van der Waals surface area contributed by atoms with E-state index in [0.717, 1.165) is 5.92 Å². The van der Waals surface area contributed by atoms with E-state index in [-0.39, 0.29) is 0 Å². The molecule has 2 bridgehead atoms. The van der Waals surface area contributed by atoms with Gasteiger partial charge in [0.25, 0.3) is 0 Å². The van der Waals surface area contributed by atoms with Gasteiger partial charge in [-0.1, -0.05) is 29.3 Å². The number of rotatable bonds is 0. The molecule has 1 heteroatoms. The maximum atomic E-state index is 2.94. The maximum absolute atomic E-state index is 2.94. The van der Waals surface area contributed by atoms with E-state index in [0.29, 0.717) is 0 Å². The normalized spacial score (nSPS) is 20.1. The first-order chi connectivity index (χ1) is 6.74. The lowest BCUT2D eigenvalue weighted by Gasteiger charge is -2.27. The molecule has 72 valence electrons. The van der Waals surface area contributed by atoms with Gasteiger partial charge in [0.2, 0.25) is 0 Å². The molecule has 0 amide bonds. The second-order valence-corrected chi connectivity index (χ2v) is 5.23. The Bertz CT molecular complexity index is 421. The first-order valence-electron chi connectivity index (χ1n) is 5.31. The fourth-order valence-corrected chi connectivity index (χ4v) is 3.17. The van der Waals surface area contributed by atoms with E-state index in [1.807, 2.05) is 0 Å². The molecule has 1 aromatic carbocycles. The summed E-state index contributed by atoms with van der Waals surface area (Å²) in [5.41, 5.74) is 6.11. The summed E-state index contributed by atoms with van der Waals surface area (Å²) >= 11 is 0. The van der Waals surface area contributed by atoms with Crippen molar-refractivity contribution in [2.45, 2.75) is 26.2 Å². The van der Waals surface area contributed by atoms with E-state index >= 15 is 0 Å². The molecule has 1 unspecified atom stereocenters. The van der Waals surface area contributed by atoms with Gasteiger partial charge in [0.15, 0.2) is 0 Å². The van der Waals surface area contributed by atoms with Gasteiger partial charge in [-0.15, -0.1) is 9.24 Å². The topological polar surface area (TPSA) is 0 Å². The summed E-state index contributed by atoms with van der Waals surface area (Å²) in [6.07, 6.45) is 3.97. The minimum absolute atomic E-state index is 0.934. The molecule has 3 aliphatic carbocycles. The highest BCUT2D eigenvalue weighted by atomic mass is 31.0. The summed E-state index contributed by atoms with van der Waals surface area (Å²) in [6, 6.07) is 6.88. The van der Waals surface area contributed by atoms with Crippen LogP contribution in [0.25, 0.3) is 5.31 Å². The lowest BCUT2D eigenvalue weighted by molar-refractivity contribution is 0.424. The van der Waals surface area contributed by atoms with Crippen molar-refractivity contribution in [3.63, 3.8) is 0 Å². The van der Waals surface area contributed by atoms with E-state index in [2.05, 4.69) is 34.4 Å². The predicted octanol–water partition coefficient (Wildman–Crippen LogP) is 3.55. The zero-order valence-corrected chi connectivity index (χ0v) is 9.66. The highest BCUT2D eigenvalue weighted by molar-refractivity contribution is 7.31. The molecule has 1 atom stereocenters. The smallest absolute Gasteiger partial charge is 0.0153 e. The zero-order valence-electron chi connectivity index (χ0n) is 8.51. The minimum Gasteiger partial charge on any atom is -0.105 e. The van der Waals surface area contributed by atoms with Gasteiger partial charge in [-0.3, -0.25) is 0 Å². The van der Waals surface area contributed by atoms with E-state index in [9.17, 15) is 0 Å². The molecule has 0 spiro atoms. The first kappa shape index (κ1) is 8.68. The fraction of sp³-hybridized carbons (Fsp3) is 0.385. The molecule has 0 heterocycles. The summed E-state index contributed by atoms with van der Waals surface area (Å²) in [7, 11) is 2.94. The Morgan fingerprint density at radius 2 is 2.00 bits per heavy atom. The third kappa shape index (κ3) is 1.17. The van der Waals surface area contributed by atoms with Gasteiger partial charge >= 0.3 is 0 Å². The molecule has 1 aromatic rings. The van der Waals surface area contributed by atoms with Gasteiger partial charge in [-0.2, -0.15) is 0 Å². The van der Waals surface area contributed by atoms with Gasteiger partial charge in [-0.25, -0.2) is 0 Å². The Morgan fingerprint density at radius 1 is 1.21 bits per heavy atom. The van der Waals surface area contributed by atoms with Crippen molar-refractivity contribution in [1.29, 1.82) is 0 Å². The van der Waals surface area contributed by atoms with Crippen LogP contribution in [0.5, 0.6) is 0 Å². The van der Waals surface area contributed by atoms with E-state index in [1.165, 1.54) is 35.7 Å². The second-order valence-electron chi connectivity index (χ2n) is 4.66. The van der Waals surface area contributed by atoms with Crippen LogP contribution in [0.2, 0.25) is 0 Å². The molecule has 3 aliphatic rings. The quantitative estimate of drug-likeness (QED) is 0.564. The summed E-state index contributed by atoms with van der Waals surface area (Å²) in [4.78, 5) is 0. The average Bonchev–Trinajstić information content (AvgIpc) is 2.28. The molecular weight excluding hydrogens is 187 g/mol. The van der Waals surface area contributed by atoms with Crippen molar-refractivity contribution < 1.29 is 0 Å². The highest BCUT2D eigenvalue weighted by Gasteiger charge is 2.29. The Labute approximate surface area is 87.6 Å². The van der Waals surface area contributed by atoms with E-state index in [4.69, 9.17) is 0 Å². The summed E-state index contributed by atoms with van der Waals surface area (Å²) in [6.45, 7) is 2.19. The van der Waals surface area contributed by atoms with Crippen molar-refractivity contribution in [3.05, 3.63) is 40.5 Å². The van der Waals surface area contributed by atoms with Crippen LogP contribution in [0.3, 0.4) is 0 Å². The van der Waals surface area contributed by atoms with Gasteiger partial charge in [0.1, 0.15) is 0 Å². The molecule has 1 fully saturated rings. The Balaban J connectivity index is 2.20. The van der Waals surface area contributed by atoms with E-state index in [1.54, 1.807) is 11.1 Å². The summed E-state index contributed by atoms with van der Waals surface area (Å²) in [5.74, 6) is 0.934. The molecule has 0 radical (unpaired) electrons. The third-order valence-corrected chi connectivity index (χ3v) is 4.23. The zero-order chi connectivity index (χ0) is 9.71.